The van der Waals surface area contributed by atoms with E-state index in [0.717, 1.165) is 26.2 Å². The molecule has 0 bridgehead atoms. The average Bonchev–Trinajstić information content (AvgIpc) is 2.21. The van der Waals surface area contributed by atoms with Crippen LogP contribution in [-0.2, 0) is 4.74 Å². The van der Waals surface area contributed by atoms with Crippen LogP contribution in [0.5, 0.6) is 0 Å². The minimum absolute atomic E-state index is 0.241. The number of halogens is 1. The Labute approximate surface area is 98.7 Å². The molecule has 15 heavy (non-hydrogen) atoms. The van der Waals surface area contributed by atoms with E-state index in [1.807, 2.05) is 0 Å². The van der Waals surface area contributed by atoms with E-state index in [-0.39, 0.29) is 5.41 Å². The normalized spacial score (nSPS) is 28.8. The number of hydrogen-bond donors (Lipinski definition) is 1. The summed E-state index contributed by atoms with van der Waals surface area (Å²) >= 11 is 6.15. The average molecular weight is 234 g/mol. The van der Waals surface area contributed by atoms with Crippen LogP contribution in [0.25, 0.3) is 0 Å². The molecule has 0 saturated heterocycles. The summed E-state index contributed by atoms with van der Waals surface area (Å²) < 4.78 is 5.49. The van der Waals surface area contributed by atoms with Crippen LogP contribution < -0.4 is 5.32 Å². The van der Waals surface area contributed by atoms with E-state index in [1.54, 1.807) is 0 Å². The summed E-state index contributed by atoms with van der Waals surface area (Å²) in [6, 6.07) is 0.565. The van der Waals surface area contributed by atoms with E-state index in [9.17, 15) is 0 Å². The second-order valence-electron chi connectivity index (χ2n) is 5.00. The van der Waals surface area contributed by atoms with Gasteiger partial charge < -0.3 is 10.1 Å². The first-order chi connectivity index (χ1) is 7.09. The molecule has 1 saturated carbocycles. The number of alkyl halides is 1. The highest BCUT2D eigenvalue weighted by atomic mass is 35.5. The predicted molar refractivity (Wildman–Crippen MR) is 65.6 cm³/mol. The molecule has 0 amide bonds. The maximum absolute atomic E-state index is 6.15. The molecule has 2 nitrogen and oxygen atoms in total. The van der Waals surface area contributed by atoms with E-state index in [2.05, 4.69) is 26.1 Å². The summed E-state index contributed by atoms with van der Waals surface area (Å²) in [7, 11) is 0. The topological polar surface area (TPSA) is 21.3 Å². The summed E-state index contributed by atoms with van der Waals surface area (Å²) in [5, 5.41) is 3.84. The minimum atomic E-state index is 0.241. The Morgan fingerprint density at radius 3 is 2.67 bits per heavy atom. The summed E-state index contributed by atoms with van der Waals surface area (Å²) in [6.45, 7) is 9.29. The minimum Gasteiger partial charge on any atom is -0.380 e. The molecular weight excluding hydrogens is 210 g/mol. The Morgan fingerprint density at radius 2 is 2.13 bits per heavy atom. The number of nitrogens with one attached hydrogen (secondary N) is 1. The second-order valence-corrected chi connectivity index (χ2v) is 5.52. The molecule has 3 heteroatoms. The predicted octanol–water partition coefficient (Wildman–Crippen LogP) is 2.80. The fourth-order valence-corrected chi connectivity index (χ4v) is 2.20. The fourth-order valence-electron chi connectivity index (χ4n) is 1.87. The third-order valence-corrected chi connectivity index (χ3v) is 4.17. The molecule has 0 aliphatic heterocycles. The zero-order chi connectivity index (χ0) is 11.3. The van der Waals surface area contributed by atoms with E-state index < -0.39 is 0 Å². The van der Waals surface area contributed by atoms with Gasteiger partial charge in [0.05, 0.1) is 6.61 Å². The fraction of sp³-hybridized carbons (Fsp3) is 1.00. The van der Waals surface area contributed by atoms with Crippen molar-refractivity contribution in [3.63, 3.8) is 0 Å². The second kappa shape index (κ2) is 6.07. The van der Waals surface area contributed by atoms with Gasteiger partial charge in [-0.05, 0) is 18.3 Å². The van der Waals surface area contributed by atoms with Gasteiger partial charge >= 0.3 is 0 Å². The monoisotopic (exact) mass is 233 g/mol. The maximum Gasteiger partial charge on any atom is 0.0591 e. The van der Waals surface area contributed by atoms with E-state index >= 15 is 0 Å². The van der Waals surface area contributed by atoms with Crippen LogP contribution in [0.15, 0.2) is 0 Å². The molecule has 90 valence electrons. The van der Waals surface area contributed by atoms with Crippen molar-refractivity contribution >= 4 is 11.6 Å². The zero-order valence-corrected chi connectivity index (χ0v) is 10.9. The highest BCUT2D eigenvalue weighted by molar-refractivity contribution is 6.21. The molecule has 0 aromatic carbocycles. The summed E-state index contributed by atoms with van der Waals surface area (Å²) in [5.74, 6) is 0. The molecule has 0 radical (unpaired) electrons. The van der Waals surface area contributed by atoms with E-state index in [0.29, 0.717) is 11.4 Å². The first kappa shape index (κ1) is 13.3. The quantitative estimate of drug-likeness (QED) is 0.540. The Balaban J connectivity index is 1.97. The molecule has 1 rings (SSSR count). The molecule has 0 aromatic heterocycles. The molecule has 0 spiro atoms. The first-order valence-corrected chi connectivity index (χ1v) is 6.48. The van der Waals surface area contributed by atoms with Gasteiger partial charge in [0.25, 0.3) is 0 Å². The van der Waals surface area contributed by atoms with Crippen LogP contribution in [0.1, 0.15) is 40.0 Å². The van der Waals surface area contributed by atoms with Gasteiger partial charge in [0.2, 0.25) is 0 Å². The van der Waals surface area contributed by atoms with Crippen molar-refractivity contribution in [3.05, 3.63) is 0 Å². The highest BCUT2D eigenvalue weighted by Crippen LogP contribution is 2.44. The Bertz CT molecular complexity index is 184. The molecule has 2 atom stereocenters. The Kier molecular flexibility index (Phi) is 5.37. The molecule has 0 aromatic rings. The lowest BCUT2D eigenvalue weighted by Gasteiger charge is -2.49. The molecule has 1 fully saturated rings. The van der Waals surface area contributed by atoms with Gasteiger partial charge in [-0.2, -0.15) is 0 Å². The lowest BCUT2D eigenvalue weighted by molar-refractivity contribution is 0.0905. The van der Waals surface area contributed by atoms with Crippen molar-refractivity contribution in [2.24, 2.45) is 5.41 Å². The molecule has 0 heterocycles. The van der Waals surface area contributed by atoms with Gasteiger partial charge in [0.15, 0.2) is 0 Å². The summed E-state index contributed by atoms with van der Waals surface area (Å²) in [6.07, 6.45) is 3.46. The number of hydrogen-bond acceptors (Lipinski definition) is 2. The number of unbranched alkanes of at least 4 members (excludes halogenated alkanes) is 1. The highest BCUT2D eigenvalue weighted by Gasteiger charge is 2.46. The maximum atomic E-state index is 6.15. The molecule has 1 aliphatic rings. The van der Waals surface area contributed by atoms with Crippen LogP contribution in [0.4, 0.5) is 0 Å². The van der Waals surface area contributed by atoms with Crippen molar-refractivity contribution in [1.82, 2.24) is 5.32 Å². The van der Waals surface area contributed by atoms with Gasteiger partial charge in [0, 0.05) is 24.6 Å². The van der Waals surface area contributed by atoms with Gasteiger partial charge in [-0.25, -0.2) is 0 Å². The van der Waals surface area contributed by atoms with Crippen molar-refractivity contribution in [3.8, 4) is 0 Å². The van der Waals surface area contributed by atoms with Crippen LogP contribution in [0.2, 0.25) is 0 Å². The van der Waals surface area contributed by atoms with Crippen LogP contribution in [-0.4, -0.2) is 31.2 Å². The molecular formula is C12H24ClNO. The van der Waals surface area contributed by atoms with Crippen molar-refractivity contribution in [1.29, 1.82) is 0 Å². The summed E-state index contributed by atoms with van der Waals surface area (Å²) in [4.78, 5) is 0. The Morgan fingerprint density at radius 1 is 1.40 bits per heavy atom. The van der Waals surface area contributed by atoms with Crippen LogP contribution in [0.3, 0.4) is 0 Å². The third kappa shape index (κ3) is 3.61. The Hall–Kier alpha value is 0.210. The van der Waals surface area contributed by atoms with Gasteiger partial charge in [-0.15, -0.1) is 11.6 Å². The van der Waals surface area contributed by atoms with Gasteiger partial charge in [-0.1, -0.05) is 27.2 Å². The van der Waals surface area contributed by atoms with Crippen LogP contribution in [0, 0.1) is 5.41 Å². The zero-order valence-electron chi connectivity index (χ0n) is 10.2. The lowest BCUT2D eigenvalue weighted by Crippen LogP contribution is -2.58. The largest absolute Gasteiger partial charge is 0.380 e. The number of rotatable bonds is 7. The van der Waals surface area contributed by atoms with E-state index in [4.69, 9.17) is 16.3 Å². The van der Waals surface area contributed by atoms with Crippen molar-refractivity contribution in [2.75, 3.05) is 19.8 Å². The lowest BCUT2D eigenvalue weighted by atomic mass is 9.67. The van der Waals surface area contributed by atoms with Gasteiger partial charge in [0.1, 0.15) is 0 Å². The SMILES string of the molecule is CCCCOCCNC1CC(Cl)C1(C)C. The van der Waals surface area contributed by atoms with Crippen LogP contribution >= 0.6 is 11.6 Å². The molecule has 2 unspecified atom stereocenters. The summed E-state index contributed by atoms with van der Waals surface area (Å²) in [5.41, 5.74) is 0.241. The first-order valence-electron chi connectivity index (χ1n) is 6.04. The van der Waals surface area contributed by atoms with E-state index in [1.165, 1.54) is 12.8 Å². The smallest absolute Gasteiger partial charge is 0.0591 e. The molecule has 1 N–H and O–H groups in total. The molecule has 1 aliphatic carbocycles. The number of ether oxygens (including phenoxy) is 1. The van der Waals surface area contributed by atoms with Crippen molar-refractivity contribution in [2.45, 2.75) is 51.5 Å². The third-order valence-electron chi connectivity index (χ3n) is 3.43. The standard InChI is InChI=1S/C12H24ClNO/c1-4-5-7-15-8-6-14-11-9-10(13)12(11,2)3/h10-11,14H,4-9H2,1-3H3. The van der Waals surface area contributed by atoms with Crippen molar-refractivity contribution < 1.29 is 4.74 Å². The van der Waals surface area contributed by atoms with Gasteiger partial charge in [-0.3, -0.25) is 0 Å².